The maximum absolute atomic E-state index is 5.39. The van der Waals surface area contributed by atoms with Gasteiger partial charge in [0.25, 0.3) is 0 Å². The second kappa shape index (κ2) is 16.4. The summed E-state index contributed by atoms with van der Waals surface area (Å²) < 4.78 is 0. The van der Waals surface area contributed by atoms with Gasteiger partial charge in [-0.05, 0) is 103 Å². The monoisotopic (exact) mass is 795 g/mol. The molecular weight excluding hydrogens is 751 g/mol. The van der Waals surface area contributed by atoms with Gasteiger partial charge in [-0.25, -0.2) is 4.99 Å². The highest BCUT2D eigenvalue weighted by Crippen LogP contribution is 2.42. The van der Waals surface area contributed by atoms with Crippen molar-refractivity contribution in [2.45, 2.75) is 24.9 Å². The normalized spacial score (nSPS) is 16.4. The first-order valence-electron chi connectivity index (χ1n) is 21.7. The van der Waals surface area contributed by atoms with E-state index < -0.39 is 0 Å². The van der Waals surface area contributed by atoms with E-state index in [1.54, 1.807) is 0 Å². The third-order valence-electron chi connectivity index (χ3n) is 12.4. The molecule has 0 radical (unpaired) electrons. The molecule has 2 heterocycles. The largest absolute Gasteiger partial charge is 0.374 e. The van der Waals surface area contributed by atoms with Crippen molar-refractivity contribution in [2.75, 3.05) is 5.32 Å². The Morgan fingerprint density at radius 3 is 1.60 bits per heavy atom. The van der Waals surface area contributed by atoms with Crippen molar-refractivity contribution < 1.29 is 0 Å². The molecule has 8 aromatic carbocycles. The Labute approximate surface area is 363 Å². The molecule has 0 saturated heterocycles. The average Bonchev–Trinajstić information content (AvgIpc) is 3.37. The molecule has 0 amide bonds. The first-order chi connectivity index (χ1) is 30.7. The molecule has 0 saturated carbocycles. The van der Waals surface area contributed by atoms with Crippen LogP contribution in [0.5, 0.6) is 0 Å². The number of aliphatic imine (C=N–C) groups is 1. The molecule has 0 bridgehead atoms. The zero-order valence-corrected chi connectivity index (χ0v) is 34.4. The van der Waals surface area contributed by atoms with Crippen LogP contribution in [-0.4, -0.2) is 5.84 Å². The number of anilines is 1. The van der Waals surface area contributed by atoms with Crippen LogP contribution in [0, 0.1) is 0 Å². The zero-order valence-electron chi connectivity index (χ0n) is 34.4. The summed E-state index contributed by atoms with van der Waals surface area (Å²) in [5, 5.41) is 10.5. The van der Waals surface area contributed by atoms with E-state index in [9.17, 15) is 0 Å². The number of hydrogen-bond acceptors (Lipinski definition) is 3. The summed E-state index contributed by atoms with van der Waals surface area (Å²) in [7, 11) is 0. The molecule has 8 aromatic rings. The van der Waals surface area contributed by atoms with Crippen molar-refractivity contribution in [3.63, 3.8) is 0 Å². The van der Waals surface area contributed by atoms with E-state index in [0.29, 0.717) is 0 Å². The molecule has 3 heteroatoms. The summed E-state index contributed by atoms with van der Waals surface area (Å²) in [6, 6.07) is 71.8. The average molecular weight is 796 g/mol. The second-order valence-electron chi connectivity index (χ2n) is 16.3. The number of nitrogens with one attached hydrogen (secondary N) is 2. The predicted octanol–water partition coefficient (Wildman–Crippen LogP) is 12.8. The van der Waals surface area contributed by atoms with E-state index in [1.165, 1.54) is 66.1 Å². The van der Waals surface area contributed by atoms with E-state index in [4.69, 9.17) is 4.99 Å². The van der Waals surface area contributed by atoms with Crippen LogP contribution in [0.15, 0.2) is 217 Å². The minimum Gasteiger partial charge on any atom is -0.374 e. The van der Waals surface area contributed by atoms with Crippen molar-refractivity contribution in [3.8, 4) is 33.4 Å². The topological polar surface area (TPSA) is 36.4 Å². The Hall–Kier alpha value is -7.75. The van der Waals surface area contributed by atoms with Crippen LogP contribution in [0.1, 0.15) is 58.3 Å². The third kappa shape index (κ3) is 7.29. The number of rotatable bonds is 8. The van der Waals surface area contributed by atoms with Crippen molar-refractivity contribution in [2.24, 2.45) is 4.99 Å². The van der Waals surface area contributed by atoms with Crippen LogP contribution in [0.2, 0.25) is 0 Å². The Balaban J connectivity index is 1.03. The minimum atomic E-state index is -0.0896. The van der Waals surface area contributed by atoms with Crippen LogP contribution >= 0.6 is 0 Å². The molecule has 0 aromatic heterocycles. The maximum Gasteiger partial charge on any atom is 0.134 e. The molecule has 2 atom stereocenters. The molecule has 3 aliphatic rings. The van der Waals surface area contributed by atoms with Gasteiger partial charge in [-0.2, -0.15) is 0 Å². The number of amidine groups is 1. The number of hydrogen-bond donors (Lipinski definition) is 2. The van der Waals surface area contributed by atoms with Crippen molar-refractivity contribution in [1.82, 2.24) is 5.32 Å². The molecule has 296 valence electrons. The number of nitrogens with zero attached hydrogens (tertiary/aromatic N) is 1. The van der Waals surface area contributed by atoms with Crippen LogP contribution in [0.3, 0.4) is 0 Å². The first-order valence-corrected chi connectivity index (χ1v) is 21.7. The Morgan fingerprint density at radius 1 is 0.403 bits per heavy atom. The SMILES string of the molecule is C1=C(c2ccc(-c3ccccc3)cc2)N=C(c2cccc(-c3cc4c(c5c3NC(c3ccccc3)C=C5c3ccccc3)=CCCC=4)c2)NC1c1ccc(-c2ccccc2)cc1. The highest BCUT2D eigenvalue weighted by atomic mass is 15.0. The highest BCUT2D eigenvalue weighted by molar-refractivity contribution is 6.05. The standard InChI is InChI=1S/C59H45N3/c1-5-16-40(17-6-1)42-28-32-46(33-29-42)55-39-56(47-34-30-43(31-35-47)41-18-7-2-8-19-41)62-59(61-55)50-26-15-25-48(36-50)53-37-49-24-13-14-27-51(49)57-52(44-20-9-3-10-21-44)38-54(60-58(53)57)45-22-11-4-12-23-45/h1-12,15-39,54-55,60H,13-14H2,(H,61,62). The summed E-state index contributed by atoms with van der Waals surface area (Å²) in [5.74, 6) is 0.848. The fourth-order valence-electron chi connectivity index (χ4n) is 9.21. The second-order valence-corrected chi connectivity index (χ2v) is 16.3. The summed E-state index contributed by atoms with van der Waals surface area (Å²) in [6.07, 6.45) is 11.6. The first kappa shape index (κ1) is 37.3. The Kier molecular flexibility index (Phi) is 9.84. The summed E-state index contributed by atoms with van der Waals surface area (Å²) in [5.41, 5.74) is 17.5. The lowest BCUT2D eigenvalue weighted by molar-refractivity contribution is 0.781. The molecular formula is C59H45N3. The van der Waals surface area contributed by atoms with Crippen molar-refractivity contribution in [1.29, 1.82) is 0 Å². The molecule has 62 heavy (non-hydrogen) atoms. The fraction of sp³-hybridized carbons (Fsp3) is 0.0678. The van der Waals surface area contributed by atoms with Gasteiger partial charge >= 0.3 is 0 Å². The van der Waals surface area contributed by atoms with E-state index in [2.05, 4.69) is 235 Å². The Bertz CT molecular complexity index is 3130. The van der Waals surface area contributed by atoms with Crippen LogP contribution < -0.4 is 21.1 Å². The van der Waals surface area contributed by atoms with E-state index in [0.717, 1.165) is 46.8 Å². The lowest BCUT2D eigenvalue weighted by Crippen LogP contribution is -2.34. The molecule has 3 nitrogen and oxygen atoms in total. The summed E-state index contributed by atoms with van der Waals surface area (Å²) >= 11 is 0. The lowest BCUT2D eigenvalue weighted by Gasteiger charge is -2.30. The van der Waals surface area contributed by atoms with Crippen LogP contribution in [-0.2, 0) is 0 Å². The molecule has 0 spiro atoms. The van der Waals surface area contributed by atoms with E-state index in [-0.39, 0.29) is 12.1 Å². The lowest BCUT2D eigenvalue weighted by atomic mass is 9.83. The minimum absolute atomic E-state index is 0.00542. The van der Waals surface area contributed by atoms with Gasteiger partial charge in [-0.1, -0.05) is 200 Å². The van der Waals surface area contributed by atoms with Gasteiger partial charge in [0, 0.05) is 16.7 Å². The number of fused-ring (bicyclic) bond motifs is 3. The van der Waals surface area contributed by atoms with Crippen molar-refractivity contribution in [3.05, 3.63) is 256 Å². The quantitative estimate of drug-likeness (QED) is 0.161. The van der Waals surface area contributed by atoms with Crippen molar-refractivity contribution >= 4 is 34.9 Å². The van der Waals surface area contributed by atoms with Gasteiger partial charge < -0.3 is 10.6 Å². The summed E-state index contributed by atoms with van der Waals surface area (Å²) in [6.45, 7) is 0. The van der Waals surface area contributed by atoms with Crippen LogP contribution in [0.4, 0.5) is 5.69 Å². The molecule has 0 fully saturated rings. The maximum atomic E-state index is 5.39. The molecule has 2 N–H and O–H groups in total. The van der Waals surface area contributed by atoms with Gasteiger partial charge in [0.15, 0.2) is 0 Å². The van der Waals surface area contributed by atoms with Gasteiger partial charge in [0.2, 0.25) is 0 Å². The smallest absolute Gasteiger partial charge is 0.134 e. The van der Waals surface area contributed by atoms with E-state index in [1.807, 2.05) is 0 Å². The third-order valence-corrected chi connectivity index (χ3v) is 12.4. The van der Waals surface area contributed by atoms with Gasteiger partial charge in [0.05, 0.1) is 23.5 Å². The molecule has 1 aliphatic carbocycles. The molecule has 2 aliphatic heterocycles. The molecule has 11 rings (SSSR count). The van der Waals surface area contributed by atoms with Gasteiger partial charge in [-0.3, -0.25) is 0 Å². The van der Waals surface area contributed by atoms with Gasteiger partial charge in [0.1, 0.15) is 5.84 Å². The predicted molar refractivity (Wildman–Crippen MR) is 260 cm³/mol. The Morgan fingerprint density at radius 2 is 0.919 bits per heavy atom. The summed E-state index contributed by atoms with van der Waals surface area (Å²) in [4.78, 5) is 5.39. The van der Waals surface area contributed by atoms with E-state index >= 15 is 0 Å². The van der Waals surface area contributed by atoms with Crippen LogP contribution in [0.25, 0.3) is 56.8 Å². The van der Waals surface area contributed by atoms with Gasteiger partial charge in [-0.15, -0.1) is 0 Å². The fourth-order valence-corrected chi connectivity index (χ4v) is 9.21. The zero-order chi connectivity index (χ0) is 41.2. The number of benzene rings is 8. The highest BCUT2D eigenvalue weighted by Gasteiger charge is 2.27. The molecule has 2 unspecified atom stereocenters.